The maximum Gasteiger partial charge on any atom is 0.255 e. The van der Waals surface area contributed by atoms with Crippen molar-refractivity contribution in [2.75, 3.05) is 6.54 Å². The molecule has 1 amide bonds. The van der Waals surface area contributed by atoms with E-state index in [-0.39, 0.29) is 17.8 Å². The number of amidine groups is 1. The van der Waals surface area contributed by atoms with E-state index in [9.17, 15) is 4.79 Å². The SMILES string of the molecule is CC(C)N(CCC(N)=NO)C(=O)c1ccccc1Cl. The van der Waals surface area contributed by atoms with E-state index in [4.69, 9.17) is 22.5 Å². The topological polar surface area (TPSA) is 78.9 Å². The fourth-order valence-corrected chi connectivity index (χ4v) is 1.89. The van der Waals surface area contributed by atoms with Gasteiger partial charge in [0, 0.05) is 19.0 Å². The second-order valence-electron chi connectivity index (χ2n) is 4.41. The lowest BCUT2D eigenvalue weighted by molar-refractivity contribution is 0.0711. The van der Waals surface area contributed by atoms with Gasteiger partial charge < -0.3 is 15.8 Å². The predicted molar refractivity (Wildman–Crippen MR) is 75.7 cm³/mol. The van der Waals surface area contributed by atoms with E-state index in [0.29, 0.717) is 23.6 Å². The molecule has 0 aliphatic heterocycles. The maximum atomic E-state index is 12.4. The van der Waals surface area contributed by atoms with E-state index in [2.05, 4.69) is 5.16 Å². The number of carbonyl (C=O) groups is 1. The molecule has 0 saturated carbocycles. The van der Waals surface area contributed by atoms with Gasteiger partial charge in [-0.25, -0.2) is 0 Å². The Labute approximate surface area is 117 Å². The van der Waals surface area contributed by atoms with Crippen molar-refractivity contribution in [1.82, 2.24) is 4.90 Å². The third kappa shape index (κ3) is 4.13. The molecule has 0 aliphatic rings. The van der Waals surface area contributed by atoms with Crippen LogP contribution >= 0.6 is 11.6 Å². The van der Waals surface area contributed by atoms with Crippen LogP contribution in [0.2, 0.25) is 5.02 Å². The van der Waals surface area contributed by atoms with E-state index in [1.54, 1.807) is 29.2 Å². The summed E-state index contributed by atoms with van der Waals surface area (Å²) < 4.78 is 0. The zero-order valence-electron chi connectivity index (χ0n) is 11.0. The fraction of sp³-hybridized carbons (Fsp3) is 0.385. The van der Waals surface area contributed by atoms with E-state index in [1.807, 2.05) is 13.8 Å². The van der Waals surface area contributed by atoms with Crippen LogP contribution in [0.15, 0.2) is 29.4 Å². The zero-order chi connectivity index (χ0) is 14.4. The van der Waals surface area contributed by atoms with Crippen LogP contribution < -0.4 is 5.73 Å². The van der Waals surface area contributed by atoms with Gasteiger partial charge in [0.2, 0.25) is 0 Å². The van der Waals surface area contributed by atoms with Crippen molar-refractivity contribution in [3.05, 3.63) is 34.9 Å². The highest BCUT2D eigenvalue weighted by atomic mass is 35.5. The summed E-state index contributed by atoms with van der Waals surface area (Å²) in [4.78, 5) is 14.0. The van der Waals surface area contributed by atoms with E-state index < -0.39 is 0 Å². The van der Waals surface area contributed by atoms with Gasteiger partial charge in [0.05, 0.1) is 10.6 Å². The molecular formula is C13H18ClN3O2. The minimum atomic E-state index is -0.161. The van der Waals surface area contributed by atoms with E-state index in [1.165, 1.54) is 0 Å². The molecule has 0 unspecified atom stereocenters. The third-order valence-corrected chi connectivity index (χ3v) is 3.06. The van der Waals surface area contributed by atoms with Crippen LogP contribution in [0, 0.1) is 0 Å². The van der Waals surface area contributed by atoms with Gasteiger partial charge in [0.25, 0.3) is 5.91 Å². The summed E-state index contributed by atoms with van der Waals surface area (Å²) >= 11 is 6.02. The first kappa shape index (κ1) is 15.3. The number of benzene rings is 1. The largest absolute Gasteiger partial charge is 0.409 e. The highest BCUT2D eigenvalue weighted by Gasteiger charge is 2.20. The Morgan fingerprint density at radius 3 is 2.63 bits per heavy atom. The molecule has 3 N–H and O–H groups in total. The number of halogens is 1. The van der Waals surface area contributed by atoms with Crippen LogP contribution in [0.5, 0.6) is 0 Å². The van der Waals surface area contributed by atoms with Gasteiger partial charge in [-0.15, -0.1) is 0 Å². The number of nitrogens with two attached hydrogens (primary N) is 1. The van der Waals surface area contributed by atoms with Gasteiger partial charge in [-0.05, 0) is 26.0 Å². The molecule has 1 aromatic carbocycles. The van der Waals surface area contributed by atoms with Gasteiger partial charge in [0.1, 0.15) is 5.84 Å². The van der Waals surface area contributed by atoms with Crippen LogP contribution in [-0.2, 0) is 0 Å². The Kier molecular flexibility index (Phi) is 5.63. The van der Waals surface area contributed by atoms with Crippen LogP contribution in [0.3, 0.4) is 0 Å². The van der Waals surface area contributed by atoms with Gasteiger partial charge >= 0.3 is 0 Å². The number of hydrogen-bond donors (Lipinski definition) is 2. The van der Waals surface area contributed by atoms with Crippen molar-refractivity contribution in [3.8, 4) is 0 Å². The van der Waals surface area contributed by atoms with E-state index in [0.717, 1.165) is 0 Å². The molecule has 1 rings (SSSR count). The number of carbonyl (C=O) groups excluding carboxylic acids is 1. The third-order valence-electron chi connectivity index (χ3n) is 2.73. The molecule has 0 fully saturated rings. The first-order valence-corrected chi connectivity index (χ1v) is 6.37. The molecule has 1 aromatic rings. The predicted octanol–water partition coefficient (Wildman–Crippen LogP) is 2.33. The lowest BCUT2D eigenvalue weighted by atomic mass is 10.1. The van der Waals surface area contributed by atoms with Crippen LogP contribution in [0.1, 0.15) is 30.6 Å². The molecule has 0 aliphatic carbocycles. The number of oxime groups is 1. The maximum absolute atomic E-state index is 12.4. The summed E-state index contributed by atoms with van der Waals surface area (Å²) in [6.45, 7) is 4.18. The van der Waals surface area contributed by atoms with Crippen molar-refractivity contribution < 1.29 is 10.0 Å². The lowest BCUT2D eigenvalue weighted by Gasteiger charge is -2.27. The van der Waals surface area contributed by atoms with Crippen LogP contribution in [0.25, 0.3) is 0 Å². The lowest BCUT2D eigenvalue weighted by Crippen LogP contribution is -2.39. The number of hydrogen-bond acceptors (Lipinski definition) is 3. The molecular weight excluding hydrogens is 266 g/mol. The smallest absolute Gasteiger partial charge is 0.255 e. The summed E-state index contributed by atoms with van der Waals surface area (Å²) in [6.07, 6.45) is 0.310. The monoisotopic (exact) mass is 283 g/mol. The fourth-order valence-electron chi connectivity index (χ4n) is 1.67. The summed E-state index contributed by atoms with van der Waals surface area (Å²) in [6, 6.07) is 6.90. The molecule has 104 valence electrons. The molecule has 0 atom stereocenters. The molecule has 19 heavy (non-hydrogen) atoms. The molecule has 0 aromatic heterocycles. The van der Waals surface area contributed by atoms with Crippen LogP contribution in [0.4, 0.5) is 0 Å². The molecule has 6 heteroatoms. The van der Waals surface area contributed by atoms with Crippen LogP contribution in [-0.4, -0.2) is 34.4 Å². The summed E-state index contributed by atoms with van der Waals surface area (Å²) in [5.74, 6) is -0.0658. The van der Waals surface area contributed by atoms with Crippen molar-refractivity contribution >= 4 is 23.3 Å². The standard InChI is InChI=1S/C13H18ClN3O2/c1-9(2)17(8-7-12(15)16-19)13(18)10-5-3-4-6-11(10)14/h3-6,9,19H,7-8H2,1-2H3,(H2,15,16). The summed E-state index contributed by atoms with van der Waals surface area (Å²) in [5.41, 5.74) is 5.88. The summed E-state index contributed by atoms with van der Waals surface area (Å²) in [5, 5.41) is 11.8. The van der Waals surface area contributed by atoms with Gasteiger partial charge in [0.15, 0.2) is 0 Å². The second kappa shape index (κ2) is 6.99. The Morgan fingerprint density at radius 1 is 1.47 bits per heavy atom. The van der Waals surface area contributed by atoms with Gasteiger partial charge in [-0.2, -0.15) is 0 Å². The molecule has 5 nitrogen and oxygen atoms in total. The van der Waals surface area contributed by atoms with Crippen molar-refractivity contribution in [2.24, 2.45) is 10.9 Å². The van der Waals surface area contributed by atoms with Crippen molar-refractivity contribution in [3.63, 3.8) is 0 Å². The molecule has 0 saturated heterocycles. The van der Waals surface area contributed by atoms with Crippen molar-refractivity contribution in [2.45, 2.75) is 26.3 Å². The Balaban J connectivity index is 2.88. The average molecular weight is 284 g/mol. The highest BCUT2D eigenvalue weighted by Crippen LogP contribution is 2.18. The number of nitrogens with zero attached hydrogens (tertiary/aromatic N) is 2. The Morgan fingerprint density at radius 2 is 2.11 bits per heavy atom. The minimum absolute atomic E-state index is 0.00438. The zero-order valence-corrected chi connectivity index (χ0v) is 11.8. The molecule has 0 bridgehead atoms. The van der Waals surface area contributed by atoms with E-state index >= 15 is 0 Å². The number of amides is 1. The molecule has 0 spiro atoms. The summed E-state index contributed by atoms with van der Waals surface area (Å²) in [7, 11) is 0. The highest BCUT2D eigenvalue weighted by molar-refractivity contribution is 6.33. The Bertz CT molecular complexity index is 475. The normalized spacial score (nSPS) is 11.7. The van der Waals surface area contributed by atoms with Gasteiger partial charge in [-0.3, -0.25) is 4.79 Å². The minimum Gasteiger partial charge on any atom is -0.409 e. The quantitative estimate of drug-likeness (QED) is 0.377. The van der Waals surface area contributed by atoms with Gasteiger partial charge in [-0.1, -0.05) is 28.9 Å². The molecule has 0 radical (unpaired) electrons. The first-order chi connectivity index (χ1) is 8.97. The first-order valence-electron chi connectivity index (χ1n) is 5.99. The molecule has 0 heterocycles. The second-order valence-corrected chi connectivity index (χ2v) is 4.82. The average Bonchev–Trinajstić information content (AvgIpc) is 2.38. The number of rotatable bonds is 5. The van der Waals surface area contributed by atoms with Crippen molar-refractivity contribution in [1.29, 1.82) is 0 Å². The Hall–Kier alpha value is -1.75.